The number of hydrogen-bond donors (Lipinski definition) is 1. The van der Waals surface area contributed by atoms with Crippen molar-refractivity contribution < 1.29 is 31.1 Å². The summed E-state index contributed by atoms with van der Waals surface area (Å²) < 4.78 is 80.0. The van der Waals surface area contributed by atoms with Crippen LogP contribution in [0.5, 0.6) is 0 Å². The minimum absolute atomic E-state index is 0.191. The predicted octanol–water partition coefficient (Wildman–Crippen LogP) is 5.97. The van der Waals surface area contributed by atoms with Crippen LogP contribution in [0, 0.1) is 17.5 Å². The lowest BCUT2D eigenvalue weighted by atomic mass is 9.99. The number of hydrogen-bond acceptors (Lipinski definition) is 1. The zero-order chi connectivity index (χ0) is 21.2. The second-order valence-electron chi connectivity index (χ2n) is 6.22. The largest absolute Gasteiger partial charge is 0.416 e. The van der Waals surface area contributed by atoms with E-state index in [1.165, 1.54) is 24.3 Å². The maximum Gasteiger partial charge on any atom is 0.416 e. The third-order valence-corrected chi connectivity index (χ3v) is 4.17. The Morgan fingerprint density at radius 2 is 1.48 bits per heavy atom. The normalized spacial score (nSPS) is 11.4. The number of amides is 1. The fraction of sp³-hybridized carbons (Fsp3) is 0.0952. The molecule has 0 heterocycles. The molecule has 0 spiro atoms. The summed E-state index contributed by atoms with van der Waals surface area (Å²) in [6.07, 6.45) is -4.82. The highest BCUT2D eigenvalue weighted by Gasteiger charge is 2.33. The van der Waals surface area contributed by atoms with Gasteiger partial charge in [-0.3, -0.25) is 4.79 Å². The van der Waals surface area contributed by atoms with E-state index in [9.17, 15) is 31.1 Å². The Kier molecular flexibility index (Phi) is 5.63. The smallest absolute Gasteiger partial charge is 0.322 e. The number of rotatable bonds is 4. The Balaban J connectivity index is 1.78. The van der Waals surface area contributed by atoms with Crippen molar-refractivity contribution in [2.45, 2.75) is 12.6 Å². The molecule has 2 nitrogen and oxygen atoms in total. The Morgan fingerprint density at radius 1 is 0.862 bits per heavy atom. The van der Waals surface area contributed by atoms with Gasteiger partial charge in [-0.15, -0.1) is 0 Å². The lowest BCUT2D eigenvalue weighted by Gasteiger charge is -2.13. The van der Waals surface area contributed by atoms with Crippen molar-refractivity contribution in [3.05, 3.63) is 100 Å². The summed E-state index contributed by atoms with van der Waals surface area (Å²) in [7, 11) is 0. The second-order valence-corrected chi connectivity index (χ2v) is 6.22. The first-order valence-electron chi connectivity index (χ1n) is 8.35. The van der Waals surface area contributed by atoms with Gasteiger partial charge in [-0.2, -0.15) is 13.2 Å². The molecule has 3 rings (SSSR count). The summed E-state index contributed by atoms with van der Waals surface area (Å²) in [5.41, 5.74) is -1.30. The van der Waals surface area contributed by atoms with Gasteiger partial charge in [0.15, 0.2) is 0 Å². The number of carbonyl (C=O) groups is 1. The molecular formula is C21H13F6NO. The van der Waals surface area contributed by atoms with Crippen LogP contribution in [0.4, 0.5) is 32.0 Å². The van der Waals surface area contributed by atoms with Gasteiger partial charge in [0.25, 0.3) is 5.91 Å². The lowest BCUT2D eigenvalue weighted by molar-refractivity contribution is -0.138. The molecule has 0 aliphatic carbocycles. The summed E-state index contributed by atoms with van der Waals surface area (Å²) in [5.74, 6) is -3.84. The molecule has 29 heavy (non-hydrogen) atoms. The summed E-state index contributed by atoms with van der Waals surface area (Å²) in [6, 6.07) is 10.9. The molecule has 0 saturated carbocycles. The fourth-order valence-corrected chi connectivity index (χ4v) is 2.82. The first kappa shape index (κ1) is 20.4. The van der Waals surface area contributed by atoms with Crippen LogP contribution >= 0.6 is 0 Å². The average Bonchev–Trinajstić information content (AvgIpc) is 2.62. The monoisotopic (exact) mass is 409 g/mol. The van der Waals surface area contributed by atoms with Crippen molar-refractivity contribution in [1.29, 1.82) is 0 Å². The quantitative estimate of drug-likeness (QED) is 0.529. The van der Waals surface area contributed by atoms with Gasteiger partial charge < -0.3 is 5.32 Å². The zero-order valence-corrected chi connectivity index (χ0v) is 14.7. The number of halogens is 6. The standard InChI is InChI=1S/C21H13F6NO/c22-14-6-9-16(21(25,26)27)13(11-14)10-12-4-7-15(8-5-12)28-20(29)19-17(23)2-1-3-18(19)24/h1-9,11H,10H2,(H,28,29). The highest BCUT2D eigenvalue weighted by molar-refractivity contribution is 6.04. The molecule has 0 aliphatic heterocycles. The minimum atomic E-state index is -4.62. The summed E-state index contributed by atoms with van der Waals surface area (Å²) in [4.78, 5) is 12.1. The maximum atomic E-state index is 13.7. The molecule has 150 valence electrons. The highest BCUT2D eigenvalue weighted by Crippen LogP contribution is 2.33. The molecule has 0 aromatic heterocycles. The first-order valence-corrected chi connectivity index (χ1v) is 8.35. The third-order valence-electron chi connectivity index (χ3n) is 4.17. The molecule has 0 radical (unpaired) electrons. The molecule has 1 amide bonds. The minimum Gasteiger partial charge on any atom is -0.322 e. The van der Waals surface area contributed by atoms with Crippen LogP contribution in [0.1, 0.15) is 27.0 Å². The SMILES string of the molecule is O=C(Nc1ccc(Cc2cc(F)ccc2C(F)(F)F)cc1)c1c(F)cccc1F. The highest BCUT2D eigenvalue weighted by atomic mass is 19.4. The van der Waals surface area contributed by atoms with Gasteiger partial charge in [-0.1, -0.05) is 18.2 Å². The summed E-state index contributed by atoms with van der Waals surface area (Å²) >= 11 is 0. The van der Waals surface area contributed by atoms with Gasteiger partial charge in [0.05, 0.1) is 5.56 Å². The molecule has 0 atom stereocenters. The molecule has 3 aromatic carbocycles. The van der Waals surface area contributed by atoms with Crippen molar-refractivity contribution in [3.8, 4) is 0 Å². The molecule has 1 N–H and O–H groups in total. The van der Waals surface area contributed by atoms with Crippen LogP contribution in [0.3, 0.4) is 0 Å². The van der Waals surface area contributed by atoms with Crippen LogP contribution in [-0.2, 0) is 12.6 Å². The van der Waals surface area contributed by atoms with Crippen LogP contribution in [0.25, 0.3) is 0 Å². The van der Waals surface area contributed by atoms with Crippen molar-refractivity contribution >= 4 is 11.6 Å². The van der Waals surface area contributed by atoms with Gasteiger partial charge in [0.2, 0.25) is 0 Å². The summed E-state index contributed by atoms with van der Waals surface area (Å²) in [6.45, 7) is 0. The molecule has 0 saturated heterocycles. The average molecular weight is 409 g/mol. The van der Waals surface area contributed by atoms with Gasteiger partial charge in [0.1, 0.15) is 23.0 Å². The van der Waals surface area contributed by atoms with E-state index in [4.69, 9.17) is 0 Å². The van der Waals surface area contributed by atoms with Crippen LogP contribution in [0.2, 0.25) is 0 Å². The molecule has 3 aromatic rings. The summed E-state index contributed by atoms with van der Waals surface area (Å²) in [5, 5.41) is 2.32. The van der Waals surface area contributed by atoms with E-state index in [1.807, 2.05) is 0 Å². The Morgan fingerprint density at radius 3 is 2.07 bits per heavy atom. The van der Waals surface area contributed by atoms with E-state index in [-0.39, 0.29) is 17.7 Å². The van der Waals surface area contributed by atoms with Crippen LogP contribution in [-0.4, -0.2) is 5.91 Å². The zero-order valence-electron chi connectivity index (χ0n) is 14.7. The molecule has 0 aliphatic rings. The number of anilines is 1. The van der Waals surface area contributed by atoms with E-state index in [2.05, 4.69) is 5.32 Å². The van der Waals surface area contributed by atoms with Gasteiger partial charge in [-0.05, 0) is 60.0 Å². The number of benzene rings is 3. The van der Waals surface area contributed by atoms with Crippen molar-refractivity contribution in [3.63, 3.8) is 0 Å². The Labute approximate surface area is 161 Å². The fourth-order valence-electron chi connectivity index (χ4n) is 2.82. The topological polar surface area (TPSA) is 29.1 Å². The van der Waals surface area contributed by atoms with E-state index < -0.39 is 40.7 Å². The molecular weight excluding hydrogens is 396 g/mol. The number of carbonyl (C=O) groups excluding carboxylic acids is 1. The van der Waals surface area contributed by atoms with E-state index in [1.54, 1.807) is 0 Å². The van der Waals surface area contributed by atoms with E-state index >= 15 is 0 Å². The second kappa shape index (κ2) is 7.98. The van der Waals surface area contributed by atoms with E-state index in [0.717, 1.165) is 30.3 Å². The Hall–Kier alpha value is -3.29. The van der Waals surface area contributed by atoms with Crippen molar-refractivity contribution in [2.24, 2.45) is 0 Å². The van der Waals surface area contributed by atoms with Crippen LogP contribution < -0.4 is 5.32 Å². The van der Waals surface area contributed by atoms with Crippen molar-refractivity contribution in [2.75, 3.05) is 5.32 Å². The first-order chi connectivity index (χ1) is 13.6. The number of alkyl halides is 3. The van der Waals surface area contributed by atoms with Crippen molar-refractivity contribution in [1.82, 2.24) is 0 Å². The van der Waals surface area contributed by atoms with Crippen LogP contribution in [0.15, 0.2) is 60.7 Å². The maximum absolute atomic E-state index is 13.7. The third kappa shape index (κ3) is 4.77. The molecule has 0 bridgehead atoms. The van der Waals surface area contributed by atoms with Gasteiger partial charge in [-0.25, -0.2) is 13.2 Å². The van der Waals surface area contributed by atoms with Gasteiger partial charge in [0, 0.05) is 5.69 Å². The number of nitrogens with one attached hydrogen (secondary N) is 1. The molecule has 8 heteroatoms. The lowest BCUT2D eigenvalue weighted by Crippen LogP contribution is -2.15. The molecule has 0 fully saturated rings. The predicted molar refractivity (Wildman–Crippen MR) is 95.0 cm³/mol. The van der Waals surface area contributed by atoms with Gasteiger partial charge >= 0.3 is 6.18 Å². The Bertz CT molecular complexity index is 1020. The molecule has 0 unspecified atom stereocenters. The van der Waals surface area contributed by atoms with E-state index in [0.29, 0.717) is 11.6 Å².